The average Bonchev–Trinajstić information content (AvgIpc) is 2.51. The minimum atomic E-state index is -0.467. The SMILES string of the molecule is O=C(Nc1ccc(Cl)c2ncccc12)C1CNCCO1. The van der Waals surface area contributed by atoms with Crippen molar-refractivity contribution in [3.8, 4) is 0 Å². The first-order valence-corrected chi connectivity index (χ1v) is 6.80. The highest BCUT2D eigenvalue weighted by Gasteiger charge is 2.22. The molecule has 1 aliphatic heterocycles. The van der Waals surface area contributed by atoms with Crippen LogP contribution < -0.4 is 10.6 Å². The van der Waals surface area contributed by atoms with E-state index in [1.54, 1.807) is 18.3 Å². The summed E-state index contributed by atoms with van der Waals surface area (Å²) in [5.41, 5.74) is 1.37. The molecule has 2 aromatic rings. The summed E-state index contributed by atoms with van der Waals surface area (Å²) in [6, 6.07) is 7.20. The molecule has 2 N–H and O–H groups in total. The van der Waals surface area contributed by atoms with Crippen LogP contribution in [0.4, 0.5) is 5.69 Å². The van der Waals surface area contributed by atoms with Gasteiger partial charge in [0.05, 0.1) is 22.8 Å². The Labute approximate surface area is 121 Å². The second-order valence-electron chi connectivity index (χ2n) is 4.55. The first-order valence-electron chi connectivity index (χ1n) is 6.42. The van der Waals surface area contributed by atoms with Gasteiger partial charge in [0.2, 0.25) is 0 Å². The molecule has 3 rings (SSSR count). The van der Waals surface area contributed by atoms with Gasteiger partial charge in [-0.2, -0.15) is 0 Å². The summed E-state index contributed by atoms with van der Waals surface area (Å²) in [7, 11) is 0. The Hall–Kier alpha value is -1.69. The lowest BCUT2D eigenvalue weighted by atomic mass is 10.1. The number of anilines is 1. The highest BCUT2D eigenvalue weighted by Crippen LogP contribution is 2.28. The molecule has 2 heterocycles. The number of hydrogen-bond donors (Lipinski definition) is 2. The Morgan fingerprint density at radius 3 is 3.15 bits per heavy atom. The molecule has 5 nitrogen and oxygen atoms in total. The molecular formula is C14H14ClN3O2. The number of pyridine rings is 1. The fourth-order valence-corrected chi connectivity index (χ4v) is 2.41. The molecule has 0 radical (unpaired) electrons. The van der Waals surface area contributed by atoms with E-state index in [1.165, 1.54) is 0 Å². The van der Waals surface area contributed by atoms with E-state index in [0.717, 1.165) is 11.9 Å². The number of carbonyl (C=O) groups excluding carboxylic acids is 1. The van der Waals surface area contributed by atoms with Gasteiger partial charge in [0, 0.05) is 24.7 Å². The third kappa shape index (κ3) is 2.60. The lowest BCUT2D eigenvalue weighted by Gasteiger charge is -2.23. The van der Waals surface area contributed by atoms with Crippen molar-refractivity contribution < 1.29 is 9.53 Å². The molecular weight excluding hydrogens is 278 g/mol. The normalized spacial score (nSPS) is 18.9. The summed E-state index contributed by atoms with van der Waals surface area (Å²) in [6.45, 7) is 1.84. The molecule has 0 saturated carbocycles. The number of aromatic nitrogens is 1. The van der Waals surface area contributed by atoms with Crippen LogP contribution in [0.15, 0.2) is 30.5 Å². The topological polar surface area (TPSA) is 63.2 Å². The number of nitrogens with zero attached hydrogens (tertiary/aromatic N) is 1. The molecule has 0 spiro atoms. The predicted molar refractivity (Wildman–Crippen MR) is 78.0 cm³/mol. The van der Waals surface area contributed by atoms with E-state index in [4.69, 9.17) is 16.3 Å². The van der Waals surface area contributed by atoms with Crippen molar-refractivity contribution in [3.63, 3.8) is 0 Å². The van der Waals surface area contributed by atoms with Gasteiger partial charge >= 0.3 is 0 Å². The van der Waals surface area contributed by atoms with Crippen LogP contribution in [0, 0.1) is 0 Å². The van der Waals surface area contributed by atoms with Crippen LogP contribution >= 0.6 is 11.6 Å². The largest absolute Gasteiger partial charge is 0.366 e. The molecule has 1 unspecified atom stereocenters. The molecule has 104 valence electrons. The van der Waals surface area contributed by atoms with Gasteiger partial charge in [-0.25, -0.2) is 0 Å². The third-order valence-corrected chi connectivity index (χ3v) is 3.50. The van der Waals surface area contributed by atoms with Crippen LogP contribution in [0.3, 0.4) is 0 Å². The molecule has 6 heteroatoms. The number of nitrogens with one attached hydrogen (secondary N) is 2. The van der Waals surface area contributed by atoms with Crippen molar-refractivity contribution in [1.82, 2.24) is 10.3 Å². The molecule has 0 bridgehead atoms. The van der Waals surface area contributed by atoms with Crippen LogP contribution in [0.5, 0.6) is 0 Å². The summed E-state index contributed by atoms with van der Waals surface area (Å²) in [5, 5.41) is 7.39. The second-order valence-corrected chi connectivity index (χ2v) is 4.95. The summed E-state index contributed by atoms with van der Waals surface area (Å²) < 4.78 is 5.43. The first-order chi connectivity index (χ1) is 9.75. The van der Waals surface area contributed by atoms with Crippen LogP contribution in [0.1, 0.15) is 0 Å². The number of carbonyl (C=O) groups is 1. The van der Waals surface area contributed by atoms with Crippen molar-refractivity contribution in [2.24, 2.45) is 0 Å². The van der Waals surface area contributed by atoms with E-state index in [-0.39, 0.29) is 5.91 Å². The number of hydrogen-bond acceptors (Lipinski definition) is 4. The third-order valence-electron chi connectivity index (χ3n) is 3.20. The number of amides is 1. The number of fused-ring (bicyclic) bond motifs is 1. The van der Waals surface area contributed by atoms with Gasteiger partial charge in [0.25, 0.3) is 5.91 Å². The molecule has 20 heavy (non-hydrogen) atoms. The van der Waals surface area contributed by atoms with Gasteiger partial charge in [-0.15, -0.1) is 0 Å². The predicted octanol–water partition coefficient (Wildman–Crippen LogP) is 1.82. The molecule has 1 aliphatic rings. The van der Waals surface area contributed by atoms with Gasteiger partial charge in [0.1, 0.15) is 6.10 Å². The minimum absolute atomic E-state index is 0.162. The van der Waals surface area contributed by atoms with Gasteiger partial charge in [0.15, 0.2) is 0 Å². The molecule has 1 aromatic carbocycles. The fourth-order valence-electron chi connectivity index (χ4n) is 2.19. The second kappa shape index (κ2) is 5.75. The molecule has 1 fully saturated rings. The smallest absolute Gasteiger partial charge is 0.254 e. The van der Waals surface area contributed by atoms with Gasteiger partial charge in [-0.05, 0) is 24.3 Å². The molecule has 1 amide bonds. The van der Waals surface area contributed by atoms with Crippen molar-refractivity contribution in [2.45, 2.75) is 6.10 Å². The lowest BCUT2D eigenvalue weighted by molar-refractivity contribution is -0.128. The van der Waals surface area contributed by atoms with E-state index in [0.29, 0.717) is 29.4 Å². The van der Waals surface area contributed by atoms with Crippen LogP contribution in [0.25, 0.3) is 10.9 Å². The Bertz CT molecular complexity index is 641. The monoisotopic (exact) mass is 291 g/mol. The zero-order valence-corrected chi connectivity index (χ0v) is 11.5. The van der Waals surface area contributed by atoms with E-state index in [9.17, 15) is 4.79 Å². The van der Waals surface area contributed by atoms with Crippen LogP contribution in [0.2, 0.25) is 5.02 Å². The molecule has 1 atom stereocenters. The molecule has 0 aliphatic carbocycles. The van der Waals surface area contributed by atoms with E-state index < -0.39 is 6.10 Å². The highest BCUT2D eigenvalue weighted by molar-refractivity contribution is 6.35. The number of morpholine rings is 1. The van der Waals surface area contributed by atoms with Crippen LogP contribution in [-0.4, -0.2) is 36.7 Å². The number of rotatable bonds is 2. The zero-order chi connectivity index (χ0) is 13.9. The van der Waals surface area contributed by atoms with Crippen molar-refractivity contribution in [3.05, 3.63) is 35.5 Å². The van der Waals surface area contributed by atoms with Crippen LogP contribution in [-0.2, 0) is 9.53 Å². The summed E-state index contributed by atoms with van der Waals surface area (Å²) in [4.78, 5) is 16.4. The first kappa shape index (κ1) is 13.3. The quantitative estimate of drug-likeness (QED) is 0.886. The van der Waals surface area contributed by atoms with Gasteiger partial charge in [-0.3, -0.25) is 9.78 Å². The Morgan fingerprint density at radius 2 is 2.35 bits per heavy atom. The van der Waals surface area contributed by atoms with E-state index >= 15 is 0 Å². The summed E-state index contributed by atoms with van der Waals surface area (Å²) >= 11 is 6.10. The number of halogens is 1. The maximum atomic E-state index is 12.2. The number of ether oxygens (including phenoxy) is 1. The fraction of sp³-hybridized carbons (Fsp3) is 0.286. The Balaban J connectivity index is 1.87. The minimum Gasteiger partial charge on any atom is -0.366 e. The van der Waals surface area contributed by atoms with E-state index in [1.807, 2.05) is 12.1 Å². The zero-order valence-electron chi connectivity index (χ0n) is 10.7. The van der Waals surface area contributed by atoms with Crippen molar-refractivity contribution >= 4 is 34.1 Å². The van der Waals surface area contributed by atoms with Gasteiger partial charge < -0.3 is 15.4 Å². The van der Waals surface area contributed by atoms with E-state index in [2.05, 4.69) is 15.6 Å². The van der Waals surface area contributed by atoms with Crippen molar-refractivity contribution in [2.75, 3.05) is 25.0 Å². The lowest BCUT2D eigenvalue weighted by Crippen LogP contribution is -2.45. The average molecular weight is 292 g/mol. The standard InChI is InChI=1S/C14H14ClN3O2/c15-10-3-4-11(9-2-1-5-17-13(9)10)18-14(19)12-8-16-6-7-20-12/h1-5,12,16H,6-8H2,(H,18,19). The van der Waals surface area contributed by atoms with Crippen molar-refractivity contribution in [1.29, 1.82) is 0 Å². The maximum Gasteiger partial charge on any atom is 0.254 e. The Kier molecular flexibility index (Phi) is 3.82. The molecule has 1 saturated heterocycles. The van der Waals surface area contributed by atoms with Gasteiger partial charge in [-0.1, -0.05) is 11.6 Å². The Morgan fingerprint density at radius 1 is 1.45 bits per heavy atom. The highest BCUT2D eigenvalue weighted by atomic mass is 35.5. The summed E-state index contributed by atoms with van der Waals surface area (Å²) in [6.07, 6.45) is 1.21. The maximum absolute atomic E-state index is 12.2. The number of benzene rings is 1. The summed E-state index contributed by atoms with van der Waals surface area (Å²) in [5.74, 6) is -0.162. The molecule has 1 aromatic heterocycles.